The van der Waals surface area contributed by atoms with Crippen molar-refractivity contribution in [3.8, 4) is 28.8 Å². The quantitative estimate of drug-likeness (QED) is 0.422. The molecule has 4 rings (SSSR count). The van der Waals surface area contributed by atoms with Gasteiger partial charge in [0.1, 0.15) is 11.5 Å². The maximum absolute atomic E-state index is 10.1. The molecule has 3 aromatic carbocycles. The summed E-state index contributed by atoms with van der Waals surface area (Å²) in [5.41, 5.74) is 1.24. The molecule has 0 fully saturated rings. The van der Waals surface area contributed by atoms with E-state index in [9.17, 15) is 5.11 Å². The predicted molar refractivity (Wildman–Crippen MR) is 106 cm³/mol. The van der Waals surface area contributed by atoms with Crippen LogP contribution in [0.3, 0.4) is 0 Å². The lowest BCUT2D eigenvalue weighted by Crippen LogP contribution is -1.96. The minimum atomic E-state index is 0.107. The first-order valence-electron chi connectivity index (χ1n) is 7.80. The average molecular weight is 428 g/mol. The zero-order chi connectivity index (χ0) is 18.1. The molecule has 128 valence electrons. The van der Waals surface area contributed by atoms with E-state index in [1.165, 1.54) is 0 Å². The van der Waals surface area contributed by atoms with Gasteiger partial charge in [-0.3, -0.25) is 0 Å². The van der Waals surface area contributed by atoms with Gasteiger partial charge in [-0.1, -0.05) is 51.8 Å². The third-order valence-corrected chi connectivity index (χ3v) is 4.60. The van der Waals surface area contributed by atoms with Crippen molar-refractivity contribution in [2.75, 3.05) is 0 Å². The maximum Gasteiger partial charge on any atom is 0.230 e. The molecule has 0 aliphatic rings. The maximum atomic E-state index is 10.1. The van der Waals surface area contributed by atoms with E-state index in [1.807, 2.05) is 36.4 Å². The molecule has 4 nitrogen and oxygen atoms in total. The highest BCUT2D eigenvalue weighted by Crippen LogP contribution is 2.36. The molecule has 0 amide bonds. The summed E-state index contributed by atoms with van der Waals surface area (Å²) < 4.78 is 6.85. The van der Waals surface area contributed by atoms with Crippen LogP contribution in [0, 0.1) is 0 Å². The molecule has 0 spiro atoms. The molecule has 0 aliphatic carbocycles. The van der Waals surface area contributed by atoms with Gasteiger partial charge in [-0.05, 0) is 42.5 Å². The molecule has 1 N–H and O–H groups in total. The van der Waals surface area contributed by atoms with Gasteiger partial charge >= 0.3 is 0 Å². The zero-order valence-corrected chi connectivity index (χ0v) is 15.7. The summed E-state index contributed by atoms with van der Waals surface area (Å²) in [6, 6.07) is 19.8. The summed E-state index contributed by atoms with van der Waals surface area (Å²) in [7, 11) is 0. The standard InChI is InChI=1S/C20H12BrClN2O2/c21-12-9-10-18(15(22)11-12)26-20-13-5-1-3-7-16(13)23-19(24-20)14-6-2-4-8-17(14)25/h1-11,25H. The molecule has 1 heterocycles. The predicted octanol–water partition coefficient (Wildman–Crippen LogP) is 6.21. The number of phenolic OH excluding ortho intramolecular Hbond substituents is 1. The normalized spacial score (nSPS) is 10.8. The Bertz CT molecular complexity index is 1120. The Morgan fingerprint density at radius 3 is 2.50 bits per heavy atom. The van der Waals surface area contributed by atoms with Crippen LogP contribution >= 0.6 is 27.5 Å². The Hall–Kier alpha value is -2.63. The first-order chi connectivity index (χ1) is 12.6. The van der Waals surface area contributed by atoms with Crippen molar-refractivity contribution >= 4 is 38.4 Å². The molecule has 0 atom stereocenters. The van der Waals surface area contributed by atoms with Crippen LogP contribution in [0.4, 0.5) is 0 Å². The average Bonchev–Trinajstić information content (AvgIpc) is 2.64. The van der Waals surface area contributed by atoms with Crippen LogP contribution in [-0.2, 0) is 0 Å². The van der Waals surface area contributed by atoms with Gasteiger partial charge in [-0.15, -0.1) is 0 Å². The molecule has 0 unspecified atom stereocenters. The van der Waals surface area contributed by atoms with Crippen molar-refractivity contribution in [2.24, 2.45) is 0 Å². The zero-order valence-electron chi connectivity index (χ0n) is 13.4. The molecule has 0 radical (unpaired) electrons. The highest BCUT2D eigenvalue weighted by atomic mass is 79.9. The van der Waals surface area contributed by atoms with Crippen LogP contribution in [0.15, 0.2) is 71.2 Å². The van der Waals surface area contributed by atoms with Gasteiger partial charge in [0.2, 0.25) is 5.88 Å². The number of halogens is 2. The second kappa shape index (κ2) is 6.94. The highest BCUT2D eigenvalue weighted by Gasteiger charge is 2.14. The first-order valence-corrected chi connectivity index (χ1v) is 8.97. The van der Waals surface area contributed by atoms with Crippen LogP contribution < -0.4 is 4.74 Å². The minimum absolute atomic E-state index is 0.107. The lowest BCUT2D eigenvalue weighted by Gasteiger charge is -2.12. The van der Waals surface area contributed by atoms with Crippen LogP contribution in [0.25, 0.3) is 22.3 Å². The summed E-state index contributed by atoms with van der Waals surface area (Å²) in [4.78, 5) is 9.08. The second-order valence-corrected chi connectivity index (χ2v) is 6.89. The molecule has 4 aromatic rings. The van der Waals surface area contributed by atoms with Crippen molar-refractivity contribution in [3.63, 3.8) is 0 Å². The molecular formula is C20H12BrClN2O2. The van der Waals surface area contributed by atoms with E-state index < -0.39 is 0 Å². The number of para-hydroxylation sites is 2. The minimum Gasteiger partial charge on any atom is -0.507 e. The van der Waals surface area contributed by atoms with Crippen LogP contribution in [-0.4, -0.2) is 15.1 Å². The van der Waals surface area contributed by atoms with Gasteiger partial charge in [0.05, 0.1) is 21.5 Å². The van der Waals surface area contributed by atoms with Gasteiger partial charge in [0.25, 0.3) is 0 Å². The number of nitrogens with zero attached hydrogens (tertiary/aromatic N) is 2. The smallest absolute Gasteiger partial charge is 0.230 e. The van der Waals surface area contributed by atoms with Gasteiger partial charge < -0.3 is 9.84 Å². The number of aromatic nitrogens is 2. The highest BCUT2D eigenvalue weighted by molar-refractivity contribution is 9.10. The van der Waals surface area contributed by atoms with E-state index >= 15 is 0 Å². The molecule has 0 saturated carbocycles. The summed E-state index contributed by atoms with van der Waals surface area (Å²) in [6.45, 7) is 0. The molecular weight excluding hydrogens is 416 g/mol. The van der Waals surface area contributed by atoms with Crippen molar-refractivity contribution in [3.05, 3.63) is 76.2 Å². The third kappa shape index (κ3) is 3.23. The van der Waals surface area contributed by atoms with E-state index in [4.69, 9.17) is 16.3 Å². The largest absolute Gasteiger partial charge is 0.507 e. The summed E-state index contributed by atoms with van der Waals surface area (Å²) in [5, 5.41) is 11.4. The van der Waals surface area contributed by atoms with Gasteiger partial charge in [0, 0.05) is 4.47 Å². The van der Waals surface area contributed by atoms with Crippen molar-refractivity contribution < 1.29 is 9.84 Å². The van der Waals surface area contributed by atoms with E-state index in [0.717, 1.165) is 9.86 Å². The Morgan fingerprint density at radius 1 is 0.923 bits per heavy atom. The Kier molecular flexibility index (Phi) is 4.49. The van der Waals surface area contributed by atoms with Crippen LogP contribution in [0.1, 0.15) is 0 Å². The first kappa shape index (κ1) is 16.8. The Morgan fingerprint density at radius 2 is 1.69 bits per heavy atom. The fourth-order valence-electron chi connectivity index (χ4n) is 2.57. The number of hydrogen-bond donors (Lipinski definition) is 1. The second-order valence-electron chi connectivity index (χ2n) is 5.56. The van der Waals surface area contributed by atoms with Crippen molar-refractivity contribution in [1.29, 1.82) is 0 Å². The van der Waals surface area contributed by atoms with E-state index in [0.29, 0.717) is 33.6 Å². The van der Waals surface area contributed by atoms with E-state index in [-0.39, 0.29) is 5.75 Å². The molecule has 6 heteroatoms. The summed E-state index contributed by atoms with van der Waals surface area (Å²) in [6.07, 6.45) is 0. The molecule has 26 heavy (non-hydrogen) atoms. The lowest BCUT2D eigenvalue weighted by atomic mass is 10.1. The van der Waals surface area contributed by atoms with E-state index in [1.54, 1.807) is 30.3 Å². The Labute approximate surface area is 163 Å². The van der Waals surface area contributed by atoms with Crippen LogP contribution in [0.2, 0.25) is 5.02 Å². The lowest BCUT2D eigenvalue weighted by molar-refractivity contribution is 0.467. The fraction of sp³-hybridized carbons (Fsp3) is 0. The number of rotatable bonds is 3. The third-order valence-electron chi connectivity index (χ3n) is 3.81. The number of fused-ring (bicyclic) bond motifs is 1. The topological polar surface area (TPSA) is 55.2 Å². The van der Waals surface area contributed by atoms with Crippen molar-refractivity contribution in [2.45, 2.75) is 0 Å². The van der Waals surface area contributed by atoms with E-state index in [2.05, 4.69) is 25.9 Å². The molecule has 0 saturated heterocycles. The van der Waals surface area contributed by atoms with Gasteiger partial charge in [-0.25, -0.2) is 4.98 Å². The summed E-state index contributed by atoms with van der Waals surface area (Å²) in [5.74, 6) is 1.35. The SMILES string of the molecule is Oc1ccccc1-c1nc(Oc2ccc(Br)cc2Cl)c2ccccc2n1. The molecule has 1 aromatic heterocycles. The number of phenols is 1. The number of aromatic hydroxyl groups is 1. The molecule has 0 bridgehead atoms. The monoisotopic (exact) mass is 426 g/mol. The van der Waals surface area contributed by atoms with Gasteiger partial charge in [-0.2, -0.15) is 4.98 Å². The number of hydrogen-bond acceptors (Lipinski definition) is 4. The van der Waals surface area contributed by atoms with Gasteiger partial charge in [0.15, 0.2) is 5.82 Å². The summed E-state index contributed by atoms with van der Waals surface area (Å²) >= 11 is 9.65. The van der Waals surface area contributed by atoms with Crippen molar-refractivity contribution in [1.82, 2.24) is 9.97 Å². The Balaban J connectivity index is 1.89. The number of benzene rings is 3. The number of ether oxygens (including phenoxy) is 1. The fourth-order valence-corrected chi connectivity index (χ4v) is 3.28. The molecule has 0 aliphatic heterocycles. The van der Waals surface area contributed by atoms with Crippen LogP contribution in [0.5, 0.6) is 17.4 Å².